The van der Waals surface area contributed by atoms with Crippen molar-refractivity contribution in [3.63, 3.8) is 0 Å². The molecule has 0 bridgehead atoms. The monoisotopic (exact) mass is 682 g/mol. The Hall–Kier alpha value is -2.17. The summed E-state index contributed by atoms with van der Waals surface area (Å²) in [5.74, 6) is -0.0791. The zero-order chi connectivity index (χ0) is 35.7. The fraction of sp³-hybridized carbons (Fsp3) is 0.711. The number of allylic oxidation sites excluding steroid dienone is 11. The van der Waals surface area contributed by atoms with Crippen molar-refractivity contribution in [1.29, 1.82) is 0 Å². The molecule has 0 heterocycles. The predicted octanol–water partition coefficient (Wildman–Crippen LogP) is 12.7. The van der Waals surface area contributed by atoms with Gasteiger partial charge >= 0.3 is 0 Å². The maximum atomic E-state index is 12.4. The molecule has 0 aliphatic carbocycles. The zero-order valence-corrected chi connectivity index (χ0v) is 32.2. The molecule has 2 unspecified atom stereocenters. The molecule has 0 aliphatic rings. The summed E-state index contributed by atoms with van der Waals surface area (Å²) >= 11 is 0. The summed E-state index contributed by atoms with van der Waals surface area (Å²) in [6.45, 7) is 4.18. The lowest BCUT2D eigenvalue weighted by Crippen LogP contribution is -2.45. The lowest BCUT2D eigenvalue weighted by atomic mass is 10.0. The third-order valence-electron chi connectivity index (χ3n) is 8.95. The van der Waals surface area contributed by atoms with Gasteiger partial charge in [0.2, 0.25) is 5.91 Å². The Kier molecular flexibility index (Phi) is 38.5. The van der Waals surface area contributed by atoms with Gasteiger partial charge in [-0.05, 0) is 64.2 Å². The van der Waals surface area contributed by atoms with Crippen molar-refractivity contribution in [2.24, 2.45) is 0 Å². The third kappa shape index (κ3) is 36.9. The molecular weight excluding hydrogens is 602 g/mol. The molecule has 0 aromatic carbocycles. The molecule has 0 aliphatic heterocycles. The third-order valence-corrected chi connectivity index (χ3v) is 8.95. The zero-order valence-electron chi connectivity index (χ0n) is 32.2. The molecule has 1 amide bonds. The highest BCUT2D eigenvalue weighted by atomic mass is 16.3. The van der Waals surface area contributed by atoms with Crippen LogP contribution in [-0.2, 0) is 4.79 Å². The van der Waals surface area contributed by atoms with Crippen LogP contribution in [0.4, 0.5) is 0 Å². The fourth-order valence-corrected chi connectivity index (χ4v) is 5.79. The van der Waals surface area contributed by atoms with E-state index in [1.54, 1.807) is 6.08 Å². The van der Waals surface area contributed by atoms with Crippen LogP contribution in [0.2, 0.25) is 0 Å². The summed E-state index contributed by atoms with van der Waals surface area (Å²) < 4.78 is 0. The van der Waals surface area contributed by atoms with E-state index in [1.165, 1.54) is 96.3 Å². The Morgan fingerprint density at radius 2 is 0.898 bits per heavy atom. The van der Waals surface area contributed by atoms with Crippen molar-refractivity contribution in [2.75, 3.05) is 6.61 Å². The van der Waals surface area contributed by atoms with Gasteiger partial charge in [0.25, 0.3) is 0 Å². The highest BCUT2D eigenvalue weighted by Crippen LogP contribution is 2.13. The van der Waals surface area contributed by atoms with Gasteiger partial charge in [-0.15, -0.1) is 0 Å². The average molecular weight is 682 g/mol. The van der Waals surface area contributed by atoms with E-state index >= 15 is 0 Å². The first kappa shape index (κ1) is 46.8. The highest BCUT2D eigenvalue weighted by molar-refractivity contribution is 5.76. The van der Waals surface area contributed by atoms with Gasteiger partial charge in [0.1, 0.15) is 0 Å². The van der Waals surface area contributed by atoms with Gasteiger partial charge < -0.3 is 15.5 Å². The van der Waals surface area contributed by atoms with Gasteiger partial charge in [-0.2, -0.15) is 0 Å². The number of hydrogen-bond acceptors (Lipinski definition) is 3. The van der Waals surface area contributed by atoms with Crippen molar-refractivity contribution in [2.45, 2.75) is 199 Å². The van der Waals surface area contributed by atoms with Gasteiger partial charge in [0.05, 0.1) is 18.8 Å². The van der Waals surface area contributed by atoms with E-state index in [2.05, 4.69) is 79.9 Å². The van der Waals surface area contributed by atoms with Crippen LogP contribution in [0.15, 0.2) is 72.9 Å². The molecule has 0 rings (SSSR count). The van der Waals surface area contributed by atoms with Gasteiger partial charge in [0.15, 0.2) is 0 Å². The predicted molar refractivity (Wildman–Crippen MR) is 216 cm³/mol. The Balaban J connectivity index is 3.65. The summed E-state index contributed by atoms with van der Waals surface area (Å²) in [7, 11) is 0. The van der Waals surface area contributed by atoms with Gasteiger partial charge in [0, 0.05) is 6.42 Å². The molecule has 282 valence electrons. The average Bonchev–Trinajstić information content (AvgIpc) is 3.10. The van der Waals surface area contributed by atoms with Crippen molar-refractivity contribution < 1.29 is 15.0 Å². The maximum Gasteiger partial charge on any atom is 0.220 e. The van der Waals surface area contributed by atoms with Crippen LogP contribution in [0, 0.1) is 0 Å². The summed E-state index contributed by atoms with van der Waals surface area (Å²) in [5.41, 5.74) is 0. The topological polar surface area (TPSA) is 69.6 Å². The summed E-state index contributed by atoms with van der Waals surface area (Å²) in [5, 5.41) is 23.0. The van der Waals surface area contributed by atoms with Crippen molar-refractivity contribution >= 4 is 5.91 Å². The molecule has 0 spiro atoms. The van der Waals surface area contributed by atoms with Crippen LogP contribution in [0.5, 0.6) is 0 Å². The SMILES string of the molecule is CC/C=C\C/C=C\C/C=C\C/C=C\C/C=C\CCCCCCCCCC(=O)NC(CO)C(O)/C=C/CCCCCCCCCCCCCC. The first-order valence-electron chi connectivity index (χ1n) is 20.7. The molecule has 2 atom stereocenters. The second kappa shape index (κ2) is 40.3. The highest BCUT2D eigenvalue weighted by Gasteiger charge is 2.17. The van der Waals surface area contributed by atoms with Crippen LogP contribution in [0.3, 0.4) is 0 Å². The normalized spacial score (nSPS) is 13.8. The number of amides is 1. The van der Waals surface area contributed by atoms with Crippen molar-refractivity contribution in [3.8, 4) is 0 Å². The van der Waals surface area contributed by atoms with E-state index in [0.29, 0.717) is 6.42 Å². The lowest BCUT2D eigenvalue weighted by molar-refractivity contribution is -0.123. The number of unbranched alkanes of at least 4 members (excludes halogenated alkanes) is 19. The molecule has 4 heteroatoms. The minimum atomic E-state index is -0.846. The molecule has 0 aromatic rings. The number of carbonyl (C=O) groups excluding carboxylic acids is 1. The molecule has 49 heavy (non-hydrogen) atoms. The lowest BCUT2D eigenvalue weighted by Gasteiger charge is -2.20. The number of aliphatic hydroxyl groups is 2. The van der Waals surface area contributed by atoms with Gasteiger partial charge in [-0.1, -0.05) is 189 Å². The largest absolute Gasteiger partial charge is 0.394 e. The summed E-state index contributed by atoms with van der Waals surface area (Å²) in [6.07, 6.45) is 57.1. The van der Waals surface area contributed by atoms with Crippen LogP contribution >= 0.6 is 0 Å². The van der Waals surface area contributed by atoms with Crippen molar-refractivity contribution in [3.05, 3.63) is 72.9 Å². The molecule has 3 N–H and O–H groups in total. The van der Waals surface area contributed by atoms with Gasteiger partial charge in [-0.3, -0.25) is 4.79 Å². The van der Waals surface area contributed by atoms with E-state index in [4.69, 9.17) is 0 Å². The summed E-state index contributed by atoms with van der Waals surface area (Å²) in [6, 6.07) is -0.631. The van der Waals surface area contributed by atoms with E-state index in [0.717, 1.165) is 70.6 Å². The minimum Gasteiger partial charge on any atom is -0.394 e. The number of hydrogen-bond donors (Lipinski definition) is 3. The second-order valence-corrected chi connectivity index (χ2v) is 13.7. The van der Waals surface area contributed by atoms with E-state index in [9.17, 15) is 15.0 Å². The number of rotatable bonds is 36. The number of carbonyl (C=O) groups is 1. The second-order valence-electron chi connectivity index (χ2n) is 13.7. The fourth-order valence-electron chi connectivity index (χ4n) is 5.79. The first-order valence-corrected chi connectivity index (χ1v) is 20.7. The molecule has 0 fully saturated rings. The smallest absolute Gasteiger partial charge is 0.220 e. The minimum absolute atomic E-state index is 0.0791. The van der Waals surface area contributed by atoms with Crippen LogP contribution in [0.25, 0.3) is 0 Å². The molecule has 0 radical (unpaired) electrons. The quantitative estimate of drug-likeness (QED) is 0.0455. The van der Waals surface area contributed by atoms with Crippen LogP contribution < -0.4 is 5.32 Å². The number of nitrogens with one attached hydrogen (secondary N) is 1. The number of aliphatic hydroxyl groups excluding tert-OH is 2. The van der Waals surface area contributed by atoms with Crippen molar-refractivity contribution in [1.82, 2.24) is 5.32 Å². The standard InChI is InChI=1S/C45H79NO3/c1-3-5-7-9-11-13-15-17-19-20-21-22-23-24-25-26-27-29-31-33-35-37-39-41-45(49)46-43(42-47)44(48)40-38-36-34-32-30-28-18-16-14-12-10-8-6-4-2/h5,7,11,13,17,19,21-22,24-25,38,40,43-44,47-48H,3-4,6,8-10,12,14-16,18,20,23,26-37,39,41-42H2,1-2H3,(H,46,49)/b7-5-,13-11-,19-17-,22-21-,25-24-,40-38+. The molecule has 0 saturated carbocycles. The van der Waals surface area contributed by atoms with E-state index in [-0.39, 0.29) is 12.5 Å². The van der Waals surface area contributed by atoms with Gasteiger partial charge in [-0.25, -0.2) is 0 Å². The van der Waals surface area contributed by atoms with Crippen LogP contribution in [0.1, 0.15) is 187 Å². The van der Waals surface area contributed by atoms with E-state index in [1.807, 2.05) is 6.08 Å². The molecule has 4 nitrogen and oxygen atoms in total. The molecule has 0 saturated heterocycles. The Bertz CT molecular complexity index is 868. The van der Waals surface area contributed by atoms with E-state index < -0.39 is 12.1 Å². The maximum absolute atomic E-state index is 12.4. The first-order chi connectivity index (χ1) is 24.2. The molecular formula is C45H79NO3. The molecule has 0 aromatic heterocycles. The Morgan fingerprint density at radius 1 is 0.510 bits per heavy atom. The Labute approximate surface area is 304 Å². The Morgan fingerprint density at radius 3 is 1.35 bits per heavy atom. The summed E-state index contributed by atoms with van der Waals surface area (Å²) in [4.78, 5) is 12.4. The van der Waals surface area contributed by atoms with Crippen LogP contribution in [-0.4, -0.2) is 34.9 Å².